The van der Waals surface area contributed by atoms with Gasteiger partial charge in [-0.3, -0.25) is 14.5 Å². The number of hydrogen-bond acceptors (Lipinski definition) is 6. The van der Waals surface area contributed by atoms with Crippen LogP contribution in [0.2, 0.25) is 0 Å². The molecule has 8 heteroatoms. The van der Waals surface area contributed by atoms with Gasteiger partial charge in [0.2, 0.25) is 0 Å². The molecule has 0 radical (unpaired) electrons. The number of nitrogens with zero attached hydrogens (tertiary/aromatic N) is 2. The summed E-state index contributed by atoms with van der Waals surface area (Å²) in [6.45, 7) is 1.89. The Labute approximate surface area is 183 Å². The van der Waals surface area contributed by atoms with E-state index >= 15 is 0 Å². The molecule has 2 aromatic carbocycles. The molecule has 0 spiro atoms. The van der Waals surface area contributed by atoms with Gasteiger partial charge >= 0.3 is 5.97 Å². The monoisotopic (exact) mass is 440 g/mol. The summed E-state index contributed by atoms with van der Waals surface area (Å²) in [5.41, 5.74) is 1.18. The Balaban J connectivity index is 1.82. The normalized spacial score (nSPS) is 10.8. The zero-order valence-electron chi connectivity index (χ0n) is 17.1. The molecule has 0 aliphatic heterocycles. The van der Waals surface area contributed by atoms with Crippen LogP contribution in [0, 0.1) is 5.82 Å². The number of amides is 1. The maximum absolute atomic E-state index is 13.3. The molecule has 0 fully saturated rings. The van der Waals surface area contributed by atoms with Gasteiger partial charge in [0.1, 0.15) is 5.82 Å². The fraction of sp³-hybridized carbons (Fsp3) is 0.174. The van der Waals surface area contributed by atoms with Crippen LogP contribution in [-0.4, -0.2) is 24.0 Å². The Bertz CT molecular complexity index is 1070. The Morgan fingerprint density at radius 2 is 1.94 bits per heavy atom. The molecule has 1 amide bonds. The molecule has 0 saturated carbocycles. The van der Waals surface area contributed by atoms with Crippen LogP contribution >= 0.6 is 11.3 Å². The number of hydrogen-bond donors (Lipinski definition) is 0. The molecule has 1 heterocycles. The highest BCUT2D eigenvalue weighted by Crippen LogP contribution is 2.30. The first-order valence-electron chi connectivity index (χ1n) is 9.57. The molecule has 6 nitrogen and oxygen atoms in total. The number of ether oxygens (including phenoxy) is 2. The van der Waals surface area contributed by atoms with Gasteiger partial charge in [0.15, 0.2) is 16.6 Å². The lowest BCUT2D eigenvalue weighted by molar-refractivity contribution is -0.134. The SMILES string of the molecule is CCCC(=O)Oc1ccc(C=CC(=O)N(c2ccc(F)cc2)c2nccs2)cc1OC. The number of thiazole rings is 1. The van der Waals surface area contributed by atoms with E-state index in [4.69, 9.17) is 9.47 Å². The average Bonchev–Trinajstić information content (AvgIpc) is 3.29. The van der Waals surface area contributed by atoms with Gasteiger partial charge in [-0.1, -0.05) is 13.0 Å². The molecule has 0 aliphatic carbocycles. The lowest BCUT2D eigenvalue weighted by Gasteiger charge is -2.18. The third-order valence-electron chi connectivity index (χ3n) is 4.20. The maximum Gasteiger partial charge on any atom is 0.311 e. The van der Waals surface area contributed by atoms with Gasteiger partial charge in [-0.2, -0.15) is 0 Å². The van der Waals surface area contributed by atoms with Crippen molar-refractivity contribution in [2.24, 2.45) is 0 Å². The summed E-state index contributed by atoms with van der Waals surface area (Å²) in [5, 5.41) is 2.23. The zero-order chi connectivity index (χ0) is 22.2. The fourth-order valence-electron chi connectivity index (χ4n) is 2.74. The zero-order valence-corrected chi connectivity index (χ0v) is 17.9. The van der Waals surface area contributed by atoms with Crippen LogP contribution in [0.3, 0.4) is 0 Å². The van der Waals surface area contributed by atoms with E-state index in [2.05, 4.69) is 4.98 Å². The predicted molar refractivity (Wildman–Crippen MR) is 118 cm³/mol. The summed E-state index contributed by atoms with van der Waals surface area (Å²) in [5.74, 6) is -0.371. The van der Waals surface area contributed by atoms with Crippen molar-refractivity contribution in [1.82, 2.24) is 4.98 Å². The van der Waals surface area contributed by atoms with E-state index in [9.17, 15) is 14.0 Å². The van der Waals surface area contributed by atoms with Crippen LogP contribution in [0.5, 0.6) is 11.5 Å². The number of carbonyl (C=O) groups is 2. The van der Waals surface area contributed by atoms with E-state index in [0.29, 0.717) is 40.7 Å². The lowest BCUT2D eigenvalue weighted by atomic mass is 10.2. The van der Waals surface area contributed by atoms with Crippen molar-refractivity contribution in [2.75, 3.05) is 12.0 Å². The summed E-state index contributed by atoms with van der Waals surface area (Å²) in [6, 6.07) is 10.6. The largest absolute Gasteiger partial charge is 0.493 e. The Kier molecular flexibility index (Phi) is 7.50. The summed E-state index contributed by atoms with van der Waals surface area (Å²) in [7, 11) is 1.48. The minimum absolute atomic E-state index is 0.315. The van der Waals surface area contributed by atoms with Crippen LogP contribution in [0.25, 0.3) is 6.08 Å². The highest BCUT2D eigenvalue weighted by Gasteiger charge is 2.18. The van der Waals surface area contributed by atoms with E-state index in [-0.39, 0.29) is 11.9 Å². The number of benzene rings is 2. The van der Waals surface area contributed by atoms with Crippen LogP contribution in [0.1, 0.15) is 25.3 Å². The van der Waals surface area contributed by atoms with Gasteiger partial charge in [-0.15, -0.1) is 11.3 Å². The average molecular weight is 440 g/mol. The van der Waals surface area contributed by atoms with Crippen molar-refractivity contribution in [2.45, 2.75) is 19.8 Å². The molecule has 31 heavy (non-hydrogen) atoms. The van der Waals surface area contributed by atoms with Crippen LogP contribution in [-0.2, 0) is 9.59 Å². The van der Waals surface area contributed by atoms with E-state index in [1.165, 1.54) is 53.7 Å². The molecular weight excluding hydrogens is 419 g/mol. The van der Waals surface area contributed by atoms with Gasteiger partial charge in [0.25, 0.3) is 5.91 Å². The van der Waals surface area contributed by atoms with E-state index in [1.807, 2.05) is 6.92 Å². The second-order valence-corrected chi connectivity index (χ2v) is 7.31. The molecule has 1 aromatic heterocycles. The van der Waals surface area contributed by atoms with Crippen molar-refractivity contribution >= 4 is 40.1 Å². The van der Waals surface area contributed by atoms with Crippen molar-refractivity contribution in [1.29, 1.82) is 0 Å². The molecule has 3 aromatic rings. The number of aromatic nitrogens is 1. The van der Waals surface area contributed by atoms with Crippen molar-refractivity contribution < 1.29 is 23.5 Å². The Hall–Kier alpha value is -3.52. The summed E-state index contributed by atoms with van der Waals surface area (Å²) in [4.78, 5) is 30.3. The molecule has 0 N–H and O–H groups in total. The summed E-state index contributed by atoms with van der Waals surface area (Å²) < 4.78 is 23.9. The number of carbonyl (C=O) groups excluding carboxylic acids is 2. The molecule has 0 bridgehead atoms. The van der Waals surface area contributed by atoms with Crippen LogP contribution in [0.4, 0.5) is 15.2 Å². The summed E-state index contributed by atoms with van der Waals surface area (Å²) >= 11 is 1.30. The minimum atomic E-state index is -0.391. The van der Waals surface area contributed by atoms with Gasteiger partial charge in [-0.05, 0) is 54.5 Å². The van der Waals surface area contributed by atoms with E-state index in [1.54, 1.807) is 35.9 Å². The second-order valence-electron chi connectivity index (χ2n) is 6.43. The predicted octanol–water partition coefficient (Wildman–Crippen LogP) is 5.37. The smallest absolute Gasteiger partial charge is 0.311 e. The molecular formula is C23H21FN2O4S. The standard InChI is InChI=1S/C23H21FN2O4S/c1-3-4-22(28)30-19-11-5-16(15-20(19)29-2)6-12-21(27)26(23-25-13-14-31-23)18-9-7-17(24)8-10-18/h5-15H,3-4H2,1-2H3. The van der Waals surface area contributed by atoms with E-state index in [0.717, 1.165) is 0 Å². The van der Waals surface area contributed by atoms with Crippen LogP contribution < -0.4 is 14.4 Å². The molecule has 0 atom stereocenters. The van der Waals surface area contributed by atoms with Crippen molar-refractivity contribution in [3.05, 3.63) is 71.5 Å². The Morgan fingerprint density at radius 1 is 1.16 bits per heavy atom. The third kappa shape index (κ3) is 5.76. The fourth-order valence-corrected chi connectivity index (χ4v) is 3.41. The minimum Gasteiger partial charge on any atom is -0.493 e. The molecule has 0 aliphatic rings. The number of methoxy groups -OCH3 is 1. The van der Waals surface area contributed by atoms with E-state index < -0.39 is 5.82 Å². The van der Waals surface area contributed by atoms with Gasteiger partial charge in [0.05, 0.1) is 12.8 Å². The Morgan fingerprint density at radius 3 is 2.58 bits per heavy atom. The second kappa shape index (κ2) is 10.5. The van der Waals surface area contributed by atoms with Gasteiger partial charge in [0, 0.05) is 24.1 Å². The highest BCUT2D eigenvalue weighted by atomic mass is 32.1. The van der Waals surface area contributed by atoms with Gasteiger partial charge < -0.3 is 9.47 Å². The number of esters is 1. The number of halogens is 1. The quantitative estimate of drug-likeness (QED) is 0.267. The summed E-state index contributed by atoms with van der Waals surface area (Å²) in [6.07, 6.45) is 5.61. The first-order chi connectivity index (χ1) is 15.0. The van der Waals surface area contributed by atoms with Crippen LogP contribution in [0.15, 0.2) is 60.1 Å². The molecule has 0 unspecified atom stereocenters. The highest BCUT2D eigenvalue weighted by molar-refractivity contribution is 7.13. The number of rotatable bonds is 8. The third-order valence-corrected chi connectivity index (χ3v) is 4.96. The molecule has 160 valence electrons. The topological polar surface area (TPSA) is 68.7 Å². The molecule has 0 saturated heterocycles. The first kappa shape index (κ1) is 22.2. The number of anilines is 2. The van der Waals surface area contributed by atoms with Gasteiger partial charge in [-0.25, -0.2) is 9.37 Å². The first-order valence-corrected chi connectivity index (χ1v) is 10.5. The maximum atomic E-state index is 13.3. The van der Waals surface area contributed by atoms with Crippen molar-refractivity contribution in [3.63, 3.8) is 0 Å². The lowest BCUT2D eigenvalue weighted by Crippen LogP contribution is -2.23. The molecule has 3 rings (SSSR count). The van der Waals surface area contributed by atoms with Crippen molar-refractivity contribution in [3.8, 4) is 11.5 Å².